The van der Waals surface area contributed by atoms with Gasteiger partial charge in [-0.1, -0.05) is 43.3 Å². The molecule has 1 amide bonds. The molecule has 2 aromatic rings. The molecule has 2 atom stereocenters. The van der Waals surface area contributed by atoms with Gasteiger partial charge >= 0.3 is 5.97 Å². The molecule has 0 aliphatic carbocycles. The molecule has 8 nitrogen and oxygen atoms in total. The van der Waals surface area contributed by atoms with Gasteiger partial charge < -0.3 is 15.3 Å². The van der Waals surface area contributed by atoms with Gasteiger partial charge in [0.05, 0.1) is 12.1 Å². The number of hydrogen-bond acceptors (Lipinski definition) is 6. The van der Waals surface area contributed by atoms with Crippen LogP contribution < -0.4 is 5.32 Å². The number of hydrogen-bond donors (Lipinski definition) is 2. The first-order chi connectivity index (χ1) is 14.3. The third-order valence-corrected chi connectivity index (χ3v) is 5.22. The van der Waals surface area contributed by atoms with Crippen LogP contribution in [0, 0.1) is 5.92 Å². The van der Waals surface area contributed by atoms with Gasteiger partial charge in [0, 0.05) is 23.9 Å². The average molecular weight is 415 g/mol. The van der Waals surface area contributed by atoms with E-state index in [1.54, 1.807) is 20.0 Å². The number of amides is 1. The third kappa shape index (κ3) is 4.00. The van der Waals surface area contributed by atoms with E-state index >= 15 is 0 Å². The summed E-state index contributed by atoms with van der Waals surface area (Å²) >= 11 is 0. The minimum absolute atomic E-state index is 0.0706. The topological polar surface area (TPSA) is 118 Å². The van der Waals surface area contributed by atoms with Gasteiger partial charge in [-0.05, 0) is 11.5 Å². The van der Waals surface area contributed by atoms with E-state index in [1.807, 2.05) is 30.3 Å². The number of rotatable bonds is 8. The number of carboxylic acid groups (broad SMARTS) is 1. The highest BCUT2D eigenvalue weighted by Gasteiger charge is 2.50. The van der Waals surface area contributed by atoms with Crippen LogP contribution in [0.15, 0.2) is 41.7 Å². The first kappa shape index (κ1) is 21.4. The van der Waals surface area contributed by atoms with Gasteiger partial charge in [-0.2, -0.15) is 0 Å². The number of carboxylic acids is 1. The van der Waals surface area contributed by atoms with Crippen molar-refractivity contribution >= 4 is 34.1 Å². The van der Waals surface area contributed by atoms with Gasteiger partial charge in [-0.25, -0.2) is 4.39 Å². The summed E-state index contributed by atoms with van der Waals surface area (Å²) in [5.74, 6) is -3.44. The minimum Gasteiger partial charge on any atom is -0.481 e. The van der Waals surface area contributed by atoms with Crippen molar-refractivity contribution in [1.29, 1.82) is 0 Å². The van der Waals surface area contributed by atoms with Crippen LogP contribution in [0.3, 0.4) is 0 Å². The zero-order valence-corrected chi connectivity index (χ0v) is 16.6. The molecule has 0 spiro atoms. The van der Waals surface area contributed by atoms with E-state index in [4.69, 9.17) is 9.94 Å². The Morgan fingerprint density at radius 3 is 2.67 bits per heavy atom. The molecule has 0 bridgehead atoms. The smallest absolute Gasteiger partial charge is 0.305 e. The maximum absolute atomic E-state index is 13.1. The van der Waals surface area contributed by atoms with Crippen molar-refractivity contribution in [2.75, 3.05) is 6.67 Å². The number of aromatic nitrogens is 1. The van der Waals surface area contributed by atoms with E-state index in [-0.39, 0.29) is 12.3 Å². The maximum Gasteiger partial charge on any atom is 0.305 e. The molecular weight excluding hydrogens is 393 g/mol. The Morgan fingerprint density at radius 1 is 1.27 bits per heavy atom. The van der Waals surface area contributed by atoms with Crippen LogP contribution >= 0.6 is 0 Å². The highest BCUT2D eigenvalue weighted by Crippen LogP contribution is 2.35. The van der Waals surface area contributed by atoms with Crippen LogP contribution in [0.5, 0.6) is 0 Å². The number of nitrogens with zero attached hydrogens (tertiary/aromatic N) is 2. The highest BCUT2D eigenvalue weighted by atomic mass is 19.1. The Kier molecular flexibility index (Phi) is 6.09. The number of pyridine rings is 1. The Bertz CT molecular complexity index is 1020. The van der Waals surface area contributed by atoms with E-state index in [1.165, 1.54) is 0 Å². The Hall–Kier alpha value is -3.36. The number of carbonyl (C=O) groups is 3. The number of fused-ring (bicyclic) bond motifs is 1. The van der Waals surface area contributed by atoms with Crippen molar-refractivity contribution in [2.45, 2.75) is 38.3 Å². The van der Waals surface area contributed by atoms with Crippen molar-refractivity contribution in [2.24, 2.45) is 11.1 Å². The molecule has 1 aliphatic heterocycles. The fraction of sp³-hybridized carbons (Fsp3) is 0.381. The summed E-state index contributed by atoms with van der Waals surface area (Å²) in [6.45, 7) is 2.12. The Labute approximate surface area is 172 Å². The summed E-state index contributed by atoms with van der Waals surface area (Å²) in [6.07, 6.45) is 0.987. The predicted octanol–water partition coefficient (Wildman–Crippen LogP) is 2.25. The molecule has 1 aromatic carbocycles. The zero-order chi connectivity index (χ0) is 21.9. The number of nitrogens with one attached hydrogen (secondary N) is 1. The molecule has 0 saturated carbocycles. The molecule has 0 radical (unpaired) electrons. The van der Waals surface area contributed by atoms with Crippen molar-refractivity contribution in [3.8, 4) is 0 Å². The number of carbonyl (C=O) groups excluding carboxylic acids is 2. The molecular formula is C21H22FN3O5. The van der Waals surface area contributed by atoms with Crippen LogP contribution in [0.25, 0.3) is 10.8 Å². The van der Waals surface area contributed by atoms with Crippen LogP contribution in [0.1, 0.15) is 32.4 Å². The lowest BCUT2D eigenvalue weighted by molar-refractivity contribution is -0.152. The van der Waals surface area contributed by atoms with Gasteiger partial charge in [-0.15, -0.1) is 0 Å². The average Bonchev–Trinajstić information content (AvgIpc) is 3.18. The highest BCUT2D eigenvalue weighted by molar-refractivity contribution is 6.12. The molecule has 158 valence electrons. The summed E-state index contributed by atoms with van der Waals surface area (Å²) in [6, 6.07) is 7.95. The quantitative estimate of drug-likeness (QED) is 0.683. The molecule has 0 unspecified atom stereocenters. The molecule has 2 heterocycles. The molecule has 2 N–H and O–H groups in total. The summed E-state index contributed by atoms with van der Waals surface area (Å²) < 4.78 is 12.8. The number of oxime groups is 1. The minimum atomic E-state index is -1.49. The summed E-state index contributed by atoms with van der Waals surface area (Å²) in [5.41, 5.74) is -0.436. The summed E-state index contributed by atoms with van der Waals surface area (Å²) in [5, 5.41) is 17.2. The Morgan fingerprint density at radius 2 is 2.00 bits per heavy atom. The largest absolute Gasteiger partial charge is 0.481 e. The zero-order valence-electron chi connectivity index (χ0n) is 16.6. The SMILES string of the molecule is CC(C)[C@@]1(C(=O)N[C@H](CC(=O)O)C(=O)CF)CC(c2nccc3ccccc23)=NO1. The number of aliphatic carboxylic acids is 1. The van der Waals surface area contributed by atoms with E-state index in [2.05, 4.69) is 15.5 Å². The van der Waals surface area contributed by atoms with Crippen molar-refractivity contribution in [3.05, 3.63) is 42.2 Å². The molecule has 9 heteroatoms. The lowest BCUT2D eigenvalue weighted by atomic mass is 9.83. The third-order valence-electron chi connectivity index (χ3n) is 5.22. The number of ketones is 1. The van der Waals surface area contributed by atoms with Crippen molar-refractivity contribution < 1.29 is 28.7 Å². The molecule has 0 saturated heterocycles. The number of alkyl halides is 1. The van der Waals surface area contributed by atoms with Gasteiger partial charge in [0.1, 0.15) is 18.4 Å². The summed E-state index contributed by atoms with van der Waals surface area (Å²) in [7, 11) is 0. The molecule has 3 rings (SSSR count). The van der Waals surface area contributed by atoms with E-state index < -0.39 is 42.4 Å². The molecule has 1 aromatic heterocycles. The van der Waals surface area contributed by atoms with Gasteiger partial charge in [-0.3, -0.25) is 19.4 Å². The van der Waals surface area contributed by atoms with Crippen molar-refractivity contribution in [3.63, 3.8) is 0 Å². The van der Waals surface area contributed by atoms with E-state index in [0.717, 1.165) is 10.8 Å². The molecule has 30 heavy (non-hydrogen) atoms. The van der Waals surface area contributed by atoms with Gasteiger partial charge in [0.2, 0.25) is 5.60 Å². The van der Waals surface area contributed by atoms with Crippen LogP contribution in [0.4, 0.5) is 4.39 Å². The number of halogens is 1. The van der Waals surface area contributed by atoms with Crippen LogP contribution in [-0.4, -0.2) is 51.8 Å². The first-order valence-corrected chi connectivity index (χ1v) is 9.49. The van der Waals surface area contributed by atoms with Crippen molar-refractivity contribution in [1.82, 2.24) is 10.3 Å². The Balaban J connectivity index is 1.88. The first-order valence-electron chi connectivity index (χ1n) is 9.49. The monoisotopic (exact) mass is 415 g/mol. The molecule has 1 aliphatic rings. The normalized spacial score (nSPS) is 19.3. The van der Waals surface area contributed by atoms with Crippen LogP contribution in [0.2, 0.25) is 0 Å². The summed E-state index contributed by atoms with van der Waals surface area (Å²) in [4.78, 5) is 45.8. The van der Waals surface area contributed by atoms with E-state index in [0.29, 0.717) is 11.4 Å². The van der Waals surface area contributed by atoms with Gasteiger partial charge in [0.25, 0.3) is 5.91 Å². The lowest BCUT2D eigenvalue weighted by Gasteiger charge is -2.30. The second-order valence-electron chi connectivity index (χ2n) is 7.45. The standard InChI is InChI=1S/C21H22FN3O5/c1-12(2)21(20(29)24-15(9-18(27)28)17(26)11-22)10-16(25-30-21)19-14-6-4-3-5-13(14)7-8-23-19/h3-8,12,15H,9-11H2,1-2H3,(H,24,29)(H,27,28)/t15-,21-/m1/s1. The van der Waals surface area contributed by atoms with Gasteiger partial charge in [0.15, 0.2) is 5.78 Å². The number of benzene rings is 1. The maximum atomic E-state index is 13.1. The van der Waals surface area contributed by atoms with E-state index in [9.17, 15) is 18.8 Å². The number of Topliss-reactive ketones (excluding diaryl/α,β-unsaturated/α-hetero) is 1. The fourth-order valence-corrected chi connectivity index (χ4v) is 3.41. The van der Waals surface area contributed by atoms with Crippen LogP contribution in [-0.2, 0) is 19.2 Å². The molecule has 0 fully saturated rings. The second kappa shape index (κ2) is 8.56. The fourth-order valence-electron chi connectivity index (χ4n) is 3.41. The lowest BCUT2D eigenvalue weighted by Crippen LogP contribution is -2.55. The second-order valence-corrected chi connectivity index (χ2v) is 7.45. The predicted molar refractivity (Wildman–Crippen MR) is 107 cm³/mol.